The van der Waals surface area contributed by atoms with Gasteiger partial charge >= 0.3 is 0 Å². The molecule has 104 valence electrons. The summed E-state index contributed by atoms with van der Waals surface area (Å²) >= 11 is 0. The van der Waals surface area contributed by atoms with Crippen molar-refractivity contribution in [2.75, 3.05) is 13.1 Å². The van der Waals surface area contributed by atoms with E-state index in [1.165, 1.54) is 0 Å². The molecule has 0 bridgehead atoms. The van der Waals surface area contributed by atoms with Crippen molar-refractivity contribution in [2.24, 2.45) is 17.3 Å². The molecule has 1 rings (SSSR count). The highest BCUT2D eigenvalue weighted by Crippen LogP contribution is 2.34. The van der Waals surface area contributed by atoms with Crippen LogP contribution in [0.2, 0.25) is 0 Å². The quantitative estimate of drug-likeness (QED) is 0.775. The fourth-order valence-corrected chi connectivity index (χ4v) is 2.44. The number of Topliss-reactive ketones (excluding diaryl/α,β-unsaturated/α-hetero) is 1. The molecule has 1 aliphatic rings. The Morgan fingerprint density at radius 3 is 2.44 bits per heavy atom. The van der Waals surface area contributed by atoms with Crippen LogP contribution in [0.25, 0.3) is 0 Å². The summed E-state index contributed by atoms with van der Waals surface area (Å²) in [6.45, 7) is 11.5. The number of hydrogen-bond acceptors (Lipinski definition) is 2. The van der Waals surface area contributed by atoms with Crippen LogP contribution in [0.3, 0.4) is 0 Å². The number of carbonyl (C=O) groups is 2. The average molecular weight is 253 g/mol. The molecule has 0 saturated carbocycles. The second-order valence-electron chi connectivity index (χ2n) is 6.83. The van der Waals surface area contributed by atoms with Crippen molar-refractivity contribution in [1.29, 1.82) is 0 Å². The lowest BCUT2D eigenvalue weighted by molar-refractivity contribution is -0.135. The third kappa shape index (κ3) is 4.11. The second-order valence-corrected chi connectivity index (χ2v) is 6.83. The lowest BCUT2D eigenvalue weighted by Gasteiger charge is -2.29. The molecule has 3 nitrogen and oxygen atoms in total. The van der Waals surface area contributed by atoms with Gasteiger partial charge in [-0.15, -0.1) is 0 Å². The molecular formula is C15H27NO2. The van der Waals surface area contributed by atoms with Crippen LogP contribution < -0.4 is 0 Å². The van der Waals surface area contributed by atoms with Gasteiger partial charge in [-0.2, -0.15) is 0 Å². The van der Waals surface area contributed by atoms with Crippen molar-refractivity contribution < 1.29 is 9.59 Å². The van der Waals surface area contributed by atoms with E-state index in [1.54, 1.807) is 4.90 Å². The van der Waals surface area contributed by atoms with Crippen LogP contribution in [0.1, 0.15) is 53.9 Å². The van der Waals surface area contributed by atoms with Gasteiger partial charge in [0.2, 0.25) is 5.91 Å². The fraction of sp³-hybridized carbons (Fsp3) is 0.867. The van der Waals surface area contributed by atoms with Gasteiger partial charge in [0, 0.05) is 18.9 Å². The molecule has 18 heavy (non-hydrogen) atoms. The normalized spacial score (nSPS) is 22.2. The minimum atomic E-state index is 0.0134. The average Bonchev–Trinajstić information content (AvgIpc) is 2.41. The summed E-state index contributed by atoms with van der Waals surface area (Å²) in [7, 11) is 0. The van der Waals surface area contributed by atoms with Gasteiger partial charge in [0.25, 0.3) is 0 Å². The highest BCUT2D eigenvalue weighted by molar-refractivity contribution is 5.87. The van der Waals surface area contributed by atoms with Crippen LogP contribution in [-0.2, 0) is 9.59 Å². The van der Waals surface area contributed by atoms with Crippen molar-refractivity contribution in [1.82, 2.24) is 4.90 Å². The summed E-state index contributed by atoms with van der Waals surface area (Å²) in [6, 6.07) is 0. The molecule has 1 aliphatic heterocycles. The van der Waals surface area contributed by atoms with Crippen molar-refractivity contribution in [2.45, 2.75) is 53.9 Å². The topological polar surface area (TPSA) is 37.4 Å². The van der Waals surface area contributed by atoms with Crippen LogP contribution >= 0.6 is 0 Å². The zero-order valence-electron chi connectivity index (χ0n) is 12.5. The number of rotatable bonds is 3. The van der Waals surface area contributed by atoms with Crippen LogP contribution in [0, 0.1) is 17.3 Å². The Balaban J connectivity index is 2.63. The lowest BCUT2D eigenvalue weighted by atomic mass is 9.77. The molecule has 1 saturated heterocycles. The molecule has 0 aliphatic carbocycles. The molecule has 0 aromatic heterocycles. The molecule has 0 aromatic rings. The van der Waals surface area contributed by atoms with E-state index >= 15 is 0 Å². The predicted octanol–water partition coefficient (Wildman–Crippen LogP) is 2.89. The van der Waals surface area contributed by atoms with Gasteiger partial charge in [-0.3, -0.25) is 9.59 Å². The molecule has 0 N–H and O–H groups in total. The molecule has 3 heteroatoms. The standard InChI is InChI=1S/C15H27NO2/c1-11(2)13(17)10-16-9-8-12(15(3,4)5)6-7-14(16)18/h11-12H,6-10H2,1-5H3. The van der Waals surface area contributed by atoms with Crippen LogP contribution in [0.15, 0.2) is 0 Å². The molecule has 0 spiro atoms. The summed E-state index contributed by atoms with van der Waals surface area (Å²) in [4.78, 5) is 25.5. The number of carbonyl (C=O) groups excluding carboxylic acids is 2. The highest BCUT2D eigenvalue weighted by Gasteiger charge is 2.30. The molecule has 1 heterocycles. The number of likely N-dealkylation sites (tertiary alicyclic amines) is 1. The molecule has 1 atom stereocenters. The molecule has 1 unspecified atom stereocenters. The van der Waals surface area contributed by atoms with E-state index in [0.29, 0.717) is 18.9 Å². The van der Waals surface area contributed by atoms with Gasteiger partial charge in [0.15, 0.2) is 5.78 Å². The van der Waals surface area contributed by atoms with Gasteiger partial charge in [-0.05, 0) is 24.2 Å². The molecule has 1 fully saturated rings. The smallest absolute Gasteiger partial charge is 0.222 e. The summed E-state index contributed by atoms with van der Waals surface area (Å²) < 4.78 is 0. The first-order valence-electron chi connectivity index (χ1n) is 7.02. The van der Waals surface area contributed by atoms with Crippen molar-refractivity contribution >= 4 is 11.7 Å². The summed E-state index contributed by atoms with van der Waals surface area (Å²) in [5.41, 5.74) is 0.248. The molecule has 0 radical (unpaired) electrons. The third-order valence-corrected chi connectivity index (χ3v) is 4.02. The maximum Gasteiger partial charge on any atom is 0.222 e. The van der Waals surface area contributed by atoms with Crippen molar-refractivity contribution in [3.8, 4) is 0 Å². The molecule has 0 aromatic carbocycles. The third-order valence-electron chi connectivity index (χ3n) is 4.02. The first-order valence-corrected chi connectivity index (χ1v) is 7.02. The number of nitrogens with zero attached hydrogens (tertiary/aromatic N) is 1. The van der Waals surface area contributed by atoms with E-state index in [2.05, 4.69) is 20.8 Å². The number of ketones is 1. The Kier molecular flexibility index (Phi) is 4.94. The lowest BCUT2D eigenvalue weighted by Crippen LogP contribution is -2.36. The van der Waals surface area contributed by atoms with E-state index in [0.717, 1.165) is 19.4 Å². The Morgan fingerprint density at radius 1 is 1.33 bits per heavy atom. The second kappa shape index (κ2) is 5.85. The zero-order chi connectivity index (χ0) is 13.9. The Hall–Kier alpha value is -0.860. The Labute approximate surface area is 111 Å². The van der Waals surface area contributed by atoms with Crippen LogP contribution in [0.4, 0.5) is 0 Å². The van der Waals surface area contributed by atoms with E-state index in [4.69, 9.17) is 0 Å². The number of amides is 1. The Bertz CT molecular complexity index is 315. The first-order chi connectivity index (χ1) is 8.21. The van der Waals surface area contributed by atoms with Crippen molar-refractivity contribution in [3.63, 3.8) is 0 Å². The fourth-order valence-electron chi connectivity index (χ4n) is 2.44. The SMILES string of the molecule is CC(C)C(=O)CN1CCC(C(C)(C)C)CCC1=O. The predicted molar refractivity (Wildman–Crippen MR) is 73.2 cm³/mol. The monoisotopic (exact) mass is 253 g/mol. The van der Waals surface area contributed by atoms with Gasteiger partial charge in [0.1, 0.15) is 0 Å². The zero-order valence-corrected chi connectivity index (χ0v) is 12.5. The summed E-state index contributed by atoms with van der Waals surface area (Å²) in [6.07, 6.45) is 2.56. The minimum Gasteiger partial charge on any atom is -0.335 e. The van der Waals surface area contributed by atoms with Crippen LogP contribution in [-0.4, -0.2) is 29.7 Å². The van der Waals surface area contributed by atoms with Gasteiger partial charge < -0.3 is 4.90 Å². The maximum atomic E-state index is 12.0. The minimum absolute atomic E-state index is 0.0134. The van der Waals surface area contributed by atoms with E-state index in [-0.39, 0.29) is 23.0 Å². The van der Waals surface area contributed by atoms with Gasteiger partial charge in [-0.1, -0.05) is 34.6 Å². The number of hydrogen-bond donors (Lipinski definition) is 0. The van der Waals surface area contributed by atoms with E-state index < -0.39 is 0 Å². The Morgan fingerprint density at radius 2 is 1.94 bits per heavy atom. The molecule has 1 amide bonds. The van der Waals surface area contributed by atoms with E-state index in [1.807, 2.05) is 13.8 Å². The maximum absolute atomic E-state index is 12.0. The van der Waals surface area contributed by atoms with Gasteiger partial charge in [-0.25, -0.2) is 0 Å². The van der Waals surface area contributed by atoms with E-state index in [9.17, 15) is 9.59 Å². The summed E-state index contributed by atoms with van der Waals surface area (Å²) in [5, 5.41) is 0. The largest absolute Gasteiger partial charge is 0.335 e. The summed E-state index contributed by atoms with van der Waals surface area (Å²) in [5.74, 6) is 0.897. The molecular weight excluding hydrogens is 226 g/mol. The highest BCUT2D eigenvalue weighted by atomic mass is 16.2. The van der Waals surface area contributed by atoms with Crippen molar-refractivity contribution in [3.05, 3.63) is 0 Å². The first kappa shape index (κ1) is 15.2. The van der Waals surface area contributed by atoms with Crippen LogP contribution in [0.5, 0.6) is 0 Å². The van der Waals surface area contributed by atoms with Gasteiger partial charge in [0.05, 0.1) is 6.54 Å².